The molecule has 2 rings (SSSR count). The Balaban J connectivity index is 2.10. The van der Waals surface area contributed by atoms with Crippen molar-refractivity contribution < 1.29 is 9.47 Å². The van der Waals surface area contributed by atoms with E-state index < -0.39 is 0 Å². The molecule has 1 heterocycles. The van der Waals surface area contributed by atoms with Gasteiger partial charge in [0.05, 0.1) is 14.2 Å². The highest BCUT2D eigenvalue weighted by molar-refractivity contribution is 5.43. The van der Waals surface area contributed by atoms with E-state index in [-0.39, 0.29) is 6.04 Å². The average Bonchev–Trinajstić information content (AvgIpc) is 2.56. The van der Waals surface area contributed by atoms with E-state index in [4.69, 9.17) is 15.3 Å². The molecule has 1 aromatic heterocycles. The minimum atomic E-state index is 0.0537. The Morgan fingerprint density at radius 2 is 1.81 bits per heavy atom. The fraction of sp³-hybridized carbons (Fsp3) is 0.312. The standard InChI is InChI=1S/C16H21N3O2/c1-20-15-6-4-13(11-16(15)21-2)14(19-17)5-3-12-7-9-18-10-8-12/h4,6-11,14,19H,3,5,17H2,1-2H3. The molecule has 0 saturated heterocycles. The van der Waals surface area contributed by atoms with Gasteiger partial charge in [-0.05, 0) is 48.2 Å². The van der Waals surface area contributed by atoms with E-state index in [2.05, 4.69) is 10.4 Å². The molecule has 3 N–H and O–H groups in total. The van der Waals surface area contributed by atoms with Crippen molar-refractivity contribution in [1.82, 2.24) is 10.4 Å². The number of nitrogens with one attached hydrogen (secondary N) is 1. The third kappa shape index (κ3) is 3.93. The van der Waals surface area contributed by atoms with Crippen LogP contribution >= 0.6 is 0 Å². The molecule has 21 heavy (non-hydrogen) atoms. The van der Waals surface area contributed by atoms with Crippen molar-refractivity contribution in [1.29, 1.82) is 0 Å². The van der Waals surface area contributed by atoms with Crippen molar-refractivity contribution in [3.05, 3.63) is 53.9 Å². The fourth-order valence-electron chi connectivity index (χ4n) is 2.28. The highest BCUT2D eigenvalue weighted by Gasteiger charge is 2.13. The molecule has 1 atom stereocenters. The molecule has 5 nitrogen and oxygen atoms in total. The van der Waals surface area contributed by atoms with Crippen LogP contribution in [0.1, 0.15) is 23.6 Å². The van der Waals surface area contributed by atoms with E-state index in [0.717, 1.165) is 18.4 Å². The van der Waals surface area contributed by atoms with Crippen molar-refractivity contribution in [2.45, 2.75) is 18.9 Å². The molecule has 0 aliphatic carbocycles. The number of aromatic nitrogens is 1. The first-order valence-corrected chi connectivity index (χ1v) is 6.85. The Bertz CT molecular complexity index is 561. The maximum absolute atomic E-state index is 5.70. The zero-order valence-electron chi connectivity index (χ0n) is 12.4. The van der Waals surface area contributed by atoms with Gasteiger partial charge in [0.25, 0.3) is 0 Å². The van der Waals surface area contributed by atoms with Gasteiger partial charge in [0.1, 0.15) is 0 Å². The van der Waals surface area contributed by atoms with E-state index in [1.54, 1.807) is 26.6 Å². The van der Waals surface area contributed by atoms with Gasteiger partial charge >= 0.3 is 0 Å². The summed E-state index contributed by atoms with van der Waals surface area (Å²) in [6.07, 6.45) is 5.41. The molecule has 0 amide bonds. The first-order chi connectivity index (χ1) is 10.3. The summed E-state index contributed by atoms with van der Waals surface area (Å²) in [5, 5.41) is 0. The maximum atomic E-state index is 5.70. The zero-order valence-corrected chi connectivity index (χ0v) is 12.4. The van der Waals surface area contributed by atoms with Gasteiger partial charge in [0.15, 0.2) is 11.5 Å². The van der Waals surface area contributed by atoms with Crippen LogP contribution in [0.2, 0.25) is 0 Å². The second-order valence-electron chi connectivity index (χ2n) is 4.73. The molecule has 0 aliphatic rings. The van der Waals surface area contributed by atoms with Gasteiger partial charge < -0.3 is 9.47 Å². The summed E-state index contributed by atoms with van der Waals surface area (Å²) >= 11 is 0. The lowest BCUT2D eigenvalue weighted by Crippen LogP contribution is -2.28. The molecule has 0 aliphatic heterocycles. The molecule has 0 radical (unpaired) electrons. The van der Waals surface area contributed by atoms with E-state index in [1.165, 1.54) is 5.56 Å². The number of rotatable bonds is 7. The molecule has 1 aromatic carbocycles. The maximum Gasteiger partial charge on any atom is 0.161 e. The number of methoxy groups -OCH3 is 2. The topological polar surface area (TPSA) is 69.4 Å². The van der Waals surface area contributed by atoms with Crippen molar-refractivity contribution >= 4 is 0 Å². The predicted octanol–water partition coefficient (Wildman–Crippen LogP) is 2.24. The minimum absolute atomic E-state index is 0.0537. The molecule has 0 spiro atoms. The van der Waals surface area contributed by atoms with E-state index >= 15 is 0 Å². The van der Waals surface area contributed by atoms with Gasteiger partial charge in [-0.3, -0.25) is 16.3 Å². The number of benzene rings is 1. The van der Waals surface area contributed by atoms with Crippen LogP contribution in [-0.4, -0.2) is 19.2 Å². The highest BCUT2D eigenvalue weighted by atomic mass is 16.5. The number of hydrogen-bond acceptors (Lipinski definition) is 5. The van der Waals surface area contributed by atoms with Crippen LogP contribution in [0.3, 0.4) is 0 Å². The van der Waals surface area contributed by atoms with Gasteiger partial charge in [-0.15, -0.1) is 0 Å². The van der Waals surface area contributed by atoms with E-state index in [1.807, 2.05) is 30.3 Å². The smallest absolute Gasteiger partial charge is 0.161 e. The molecular formula is C16H21N3O2. The summed E-state index contributed by atoms with van der Waals surface area (Å²) in [7, 11) is 3.25. The number of hydrogen-bond donors (Lipinski definition) is 2. The lowest BCUT2D eigenvalue weighted by molar-refractivity contribution is 0.353. The first-order valence-electron chi connectivity index (χ1n) is 6.85. The van der Waals surface area contributed by atoms with Crippen molar-refractivity contribution in [2.75, 3.05) is 14.2 Å². The molecule has 0 bridgehead atoms. The van der Waals surface area contributed by atoms with Gasteiger partial charge in [-0.2, -0.15) is 0 Å². The third-order valence-electron chi connectivity index (χ3n) is 3.48. The lowest BCUT2D eigenvalue weighted by atomic mass is 9.99. The molecule has 2 aromatic rings. The van der Waals surface area contributed by atoms with Gasteiger partial charge in [0, 0.05) is 18.4 Å². The number of nitrogens with zero attached hydrogens (tertiary/aromatic N) is 1. The zero-order chi connectivity index (χ0) is 15.1. The van der Waals surface area contributed by atoms with Crippen LogP contribution in [0.25, 0.3) is 0 Å². The summed E-state index contributed by atoms with van der Waals surface area (Å²) in [5.74, 6) is 7.12. The van der Waals surface area contributed by atoms with E-state index in [0.29, 0.717) is 11.5 Å². The number of pyridine rings is 1. The van der Waals surface area contributed by atoms with Crippen molar-refractivity contribution in [3.63, 3.8) is 0 Å². The Labute approximate surface area is 125 Å². The number of aryl methyl sites for hydroxylation is 1. The molecule has 0 saturated carbocycles. The van der Waals surface area contributed by atoms with Crippen molar-refractivity contribution in [2.24, 2.45) is 5.84 Å². The summed E-state index contributed by atoms with van der Waals surface area (Å²) < 4.78 is 10.6. The molecule has 5 heteroatoms. The summed E-state index contributed by atoms with van der Waals surface area (Å²) in [4.78, 5) is 4.02. The Morgan fingerprint density at radius 3 is 2.43 bits per heavy atom. The van der Waals surface area contributed by atoms with Crippen LogP contribution in [-0.2, 0) is 6.42 Å². The summed E-state index contributed by atoms with van der Waals surface area (Å²) in [5.41, 5.74) is 5.18. The SMILES string of the molecule is COc1ccc(C(CCc2ccncc2)NN)cc1OC. The quantitative estimate of drug-likeness (QED) is 0.604. The molecule has 112 valence electrons. The van der Waals surface area contributed by atoms with Gasteiger partial charge in [0.2, 0.25) is 0 Å². The average molecular weight is 287 g/mol. The van der Waals surface area contributed by atoms with Crippen molar-refractivity contribution in [3.8, 4) is 11.5 Å². The predicted molar refractivity (Wildman–Crippen MR) is 82.2 cm³/mol. The van der Waals surface area contributed by atoms with Crippen LogP contribution in [0, 0.1) is 0 Å². The van der Waals surface area contributed by atoms with Crippen LogP contribution in [0.15, 0.2) is 42.7 Å². The van der Waals surface area contributed by atoms with E-state index in [9.17, 15) is 0 Å². The van der Waals surface area contributed by atoms with Crippen LogP contribution in [0.5, 0.6) is 11.5 Å². The Kier molecular flexibility index (Phi) is 5.54. The Morgan fingerprint density at radius 1 is 1.10 bits per heavy atom. The molecular weight excluding hydrogens is 266 g/mol. The first kappa shape index (κ1) is 15.3. The number of ether oxygens (including phenoxy) is 2. The molecule has 1 unspecified atom stereocenters. The normalized spacial score (nSPS) is 12.0. The largest absolute Gasteiger partial charge is 0.493 e. The Hall–Kier alpha value is -2.11. The van der Waals surface area contributed by atoms with Gasteiger partial charge in [-0.25, -0.2) is 0 Å². The van der Waals surface area contributed by atoms with Crippen LogP contribution < -0.4 is 20.7 Å². The fourth-order valence-corrected chi connectivity index (χ4v) is 2.28. The molecule has 0 fully saturated rings. The summed E-state index contributed by atoms with van der Waals surface area (Å²) in [6.45, 7) is 0. The second-order valence-corrected chi connectivity index (χ2v) is 4.73. The highest BCUT2D eigenvalue weighted by Crippen LogP contribution is 2.31. The second kappa shape index (κ2) is 7.61. The lowest BCUT2D eigenvalue weighted by Gasteiger charge is -2.18. The monoisotopic (exact) mass is 287 g/mol. The van der Waals surface area contributed by atoms with Crippen LogP contribution in [0.4, 0.5) is 0 Å². The van der Waals surface area contributed by atoms with Gasteiger partial charge in [-0.1, -0.05) is 6.07 Å². The number of hydrazine groups is 1. The summed E-state index contributed by atoms with van der Waals surface area (Å²) in [6, 6.07) is 9.93. The minimum Gasteiger partial charge on any atom is -0.493 e. The third-order valence-corrected chi connectivity index (χ3v) is 3.48. The number of nitrogens with two attached hydrogens (primary N) is 1.